The standard InChI is InChI=1S/C13H14BrN3O/c1-8-3-4-16-11(5-8)9(2)18-12-6-10(14)7-17-13(12)15/h3-7,9H,1-2H3,(H2,15,17)/t9-/m1/s1. The highest BCUT2D eigenvalue weighted by molar-refractivity contribution is 9.10. The van der Waals surface area contributed by atoms with Gasteiger partial charge >= 0.3 is 0 Å². The molecule has 0 aliphatic rings. The van der Waals surface area contributed by atoms with Gasteiger partial charge in [-0.1, -0.05) is 0 Å². The molecule has 1 atom stereocenters. The number of halogens is 1. The summed E-state index contributed by atoms with van der Waals surface area (Å²) < 4.78 is 6.62. The molecule has 0 saturated heterocycles. The maximum absolute atomic E-state index is 5.79. The highest BCUT2D eigenvalue weighted by Gasteiger charge is 2.11. The number of nitrogens with zero attached hydrogens (tertiary/aromatic N) is 2. The number of hydrogen-bond donors (Lipinski definition) is 1. The van der Waals surface area contributed by atoms with Crippen LogP contribution in [0.2, 0.25) is 0 Å². The van der Waals surface area contributed by atoms with Crippen LogP contribution >= 0.6 is 15.9 Å². The molecule has 0 bridgehead atoms. The number of pyridine rings is 2. The zero-order valence-corrected chi connectivity index (χ0v) is 11.8. The molecular weight excluding hydrogens is 294 g/mol. The molecule has 0 radical (unpaired) electrons. The van der Waals surface area contributed by atoms with Crippen LogP contribution in [0.25, 0.3) is 0 Å². The van der Waals surface area contributed by atoms with Crippen molar-refractivity contribution in [3.8, 4) is 5.75 Å². The van der Waals surface area contributed by atoms with E-state index >= 15 is 0 Å². The number of hydrogen-bond acceptors (Lipinski definition) is 4. The molecule has 0 saturated carbocycles. The summed E-state index contributed by atoms with van der Waals surface area (Å²) in [6.45, 7) is 3.95. The molecule has 2 N–H and O–H groups in total. The molecule has 2 rings (SSSR count). The van der Waals surface area contributed by atoms with E-state index in [-0.39, 0.29) is 6.10 Å². The average molecular weight is 308 g/mol. The van der Waals surface area contributed by atoms with Gasteiger partial charge in [-0.05, 0) is 53.5 Å². The van der Waals surface area contributed by atoms with E-state index in [1.165, 1.54) is 0 Å². The van der Waals surface area contributed by atoms with E-state index in [1.54, 1.807) is 18.5 Å². The summed E-state index contributed by atoms with van der Waals surface area (Å²) in [5, 5.41) is 0. The van der Waals surface area contributed by atoms with Crippen LogP contribution in [-0.4, -0.2) is 9.97 Å². The van der Waals surface area contributed by atoms with Crippen molar-refractivity contribution in [3.05, 3.63) is 46.3 Å². The lowest BCUT2D eigenvalue weighted by Gasteiger charge is -2.15. The Balaban J connectivity index is 2.21. The zero-order chi connectivity index (χ0) is 13.1. The third-order valence-electron chi connectivity index (χ3n) is 2.51. The van der Waals surface area contributed by atoms with Gasteiger partial charge in [-0.25, -0.2) is 4.98 Å². The summed E-state index contributed by atoms with van der Waals surface area (Å²) in [6, 6.07) is 5.74. The summed E-state index contributed by atoms with van der Waals surface area (Å²) in [6.07, 6.45) is 3.23. The Morgan fingerprint density at radius 3 is 2.83 bits per heavy atom. The summed E-state index contributed by atoms with van der Waals surface area (Å²) in [5.41, 5.74) is 7.79. The molecule has 94 valence electrons. The van der Waals surface area contributed by atoms with E-state index in [4.69, 9.17) is 10.5 Å². The first-order valence-corrected chi connectivity index (χ1v) is 6.36. The molecular formula is C13H14BrN3O. The van der Waals surface area contributed by atoms with E-state index in [9.17, 15) is 0 Å². The topological polar surface area (TPSA) is 61.0 Å². The van der Waals surface area contributed by atoms with Crippen LogP contribution in [0.3, 0.4) is 0 Å². The van der Waals surface area contributed by atoms with Crippen LogP contribution in [0, 0.1) is 6.92 Å². The van der Waals surface area contributed by atoms with Crippen molar-refractivity contribution in [3.63, 3.8) is 0 Å². The molecule has 0 aliphatic heterocycles. The van der Waals surface area contributed by atoms with Crippen LogP contribution in [0.4, 0.5) is 5.82 Å². The number of nitrogens with two attached hydrogens (primary N) is 1. The minimum Gasteiger partial charge on any atom is -0.481 e. The van der Waals surface area contributed by atoms with Gasteiger partial charge in [-0.15, -0.1) is 0 Å². The van der Waals surface area contributed by atoms with E-state index in [2.05, 4.69) is 25.9 Å². The van der Waals surface area contributed by atoms with Gasteiger partial charge in [-0.2, -0.15) is 0 Å². The molecule has 0 fully saturated rings. The average Bonchev–Trinajstić information content (AvgIpc) is 2.34. The van der Waals surface area contributed by atoms with Gasteiger partial charge in [-0.3, -0.25) is 4.98 Å². The predicted octanol–water partition coefficient (Wildman–Crippen LogP) is 3.27. The lowest BCUT2D eigenvalue weighted by Crippen LogP contribution is -2.07. The molecule has 2 aromatic heterocycles. The first-order valence-electron chi connectivity index (χ1n) is 5.56. The van der Waals surface area contributed by atoms with Gasteiger partial charge < -0.3 is 10.5 Å². The van der Waals surface area contributed by atoms with Crippen molar-refractivity contribution < 1.29 is 4.74 Å². The van der Waals surface area contributed by atoms with E-state index < -0.39 is 0 Å². The fourth-order valence-corrected chi connectivity index (χ4v) is 1.87. The van der Waals surface area contributed by atoms with Gasteiger partial charge in [0, 0.05) is 16.9 Å². The van der Waals surface area contributed by atoms with Gasteiger partial charge in [0.05, 0.1) is 5.69 Å². The molecule has 0 spiro atoms. The second-order valence-corrected chi connectivity index (χ2v) is 4.97. The Bertz CT molecular complexity index is 560. The van der Waals surface area contributed by atoms with Gasteiger partial charge in [0.15, 0.2) is 11.6 Å². The molecule has 0 aliphatic carbocycles. The Morgan fingerprint density at radius 2 is 2.11 bits per heavy atom. The van der Waals surface area contributed by atoms with Gasteiger partial charge in [0.1, 0.15) is 6.10 Å². The van der Waals surface area contributed by atoms with Crippen LogP contribution in [0.1, 0.15) is 24.3 Å². The van der Waals surface area contributed by atoms with Gasteiger partial charge in [0.2, 0.25) is 0 Å². The summed E-state index contributed by atoms with van der Waals surface area (Å²) in [7, 11) is 0. The predicted molar refractivity (Wildman–Crippen MR) is 74.4 cm³/mol. The first-order chi connectivity index (χ1) is 8.56. The number of rotatable bonds is 3. The van der Waals surface area contributed by atoms with Crippen LogP contribution in [0.15, 0.2) is 35.1 Å². The third kappa shape index (κ3) is 2.98. The molecule has 18 heavy (non-hydrogen) atoms. The number of aryl methyl sites for hydroxylation is 1. The van der Waals surface area contributed by atoms with Crippen LogP contribution in [-0.2, 0) is 0 Å². The highest BCUT2D eigenvalue weighted by atomic mass is 79.9. The van der Waals surface area contributed by atoms with Crippen LogP contribution < -0.4 is 10.5 Å². The maximum Gasteiger partial charge on any atom is 0.166 e. The molecule has 2 aromatic rings. The lowest BCUT2D eigenvalue weighted by atomic mass is 10.2. The van der Waals surface area contributed by atoms with E-state index in [0.717, 1.165) is 15.7 Å². The Morgan fingerprint density at radius 1 is 1.33 bits per heavy atom. The van der Waals surface area contributed by atoms with Crippen molar-refractivity contribution in [1.82, 2.24) is 9.97 Å². The molecule has 0 unspecified atom stereocenters. The number of aromatic nitrogens is 2. The summed E-state index contributed by atoms with van der Waals surface area (Å²) >= 11 is 3.34. The smallest absolute Gasteiger partial charge is 0.166 e. The van der Waals surface area contributed by atoms with Crippen molar-refractivity contribution >= 4 is 21.7 Å². The quantitative estimate of drug-likeness (QED) is 0.945. The summed E-state index contributed by atoms with van der Waals surface area (Å²) in [5.74, 6) is 0.929. The normalized spacial score (nSPS) is 12.2. The van der Waals surface area contributed by atoms with Crippen molar-refractivity contribution in [2.24, 2.45) is 0 Å². The number of anilines is 1. The Labute approximate surface area is 114 Å². The third-order valence-corrected chi connectivity index (χ3v) is 2.94. The lowest BCUT2D eigenvalue weighted by molar-refractivity contribution is 0.222. The fourth-order valence-electron chi connectivity index (χ4n) is 1.56. The summed E-state index contributed by atoms with van der Waals surface area (Å²) in [4.78, 5) is 8.32. The van der Waals surface area contributed by atoms with Crippen LogP contribution in [0.5, 0.6) is 5.75 Å². The van der Waals surface area contributed by atoms with E-state index in [0.29, 0.717) is 11.6 Å². The SMILES string of the molecule is Cc1ccnc([C@@H](C)Oc2cc(Br)cnc2N)c1. The molecule has 4 nitrogen and oxygen atoms in total. The van der Waals surface area contributed by atoms with E-state index in [1.807, 2.05) is 26.0 Å². The molecule has 0 amide bonds. The highest BCUT2D eigenvalue weighted by Crippen LogP contribution is 2.27. The van der Waals surface area contributed by atoms with Crippen molar-refractivity contribution in [2.75, 3.05) is 5.73 Å². The van der Waals surface area contributed by atoms with Crippen molar-refractivity contribution in [2.45, 2.75) is 20.0 Å². The maximum atomic E-state index is 5.79. The zero-order valence-electron chi connectivity index (χ0n) is 10.2. The molecule has 2 heterocycles. The Hall–Kier alpha value is -1.62. The molecule has 0 aromatic carbocycles. The van der Waals surface area contributed by atoms with Gasteiger partial charge in [0.25, 0.3) is 0 Å². The van der Waals surface area contributed by atoms with Crippen molar-refractivity contribution in [1.29, 1.82) is 0 Å². The second-order valence-electron chi connectivity index (χ2n) is 4.06. The minimum atomic E-state index is -0.178. The molecule has 5 heteroatoms. The Kier molecular flexibility index (Phi) is 3.81. The second kappa shape index (κ2) is 5.35. The minimum absolute atomic E-state index is 0.178. The fraction of sp³-hybridized carbons (Fsp3) is 0.231. The number of nitrogen functional groups attached to an aromatic ring is 1. The largest absolute Gasteiger partial charge is 0.481 e. The number of ether oxygens (including phenoxy) is 1. The monoisotopic (exact) mass is 307 g/mol. The first kappa shape index (κ1) is 12.8.